The molecule has 1 aromatic carbocycles. The van der Waals surface area contributed by atoms with E-state index < -0.39 is 28.6 Å². The van der Waals surface area contributed by atoms with Gasteiger partial charge in [0, 0.05) is 23.0 Å². The van der Waals surface area contributed by atoms with Crippen LogP contribution in [0, 0.1) is 5.41 Å². The minimum absolute atomic E-state index is 0.0791. The van der Waals surface area contributed by atoms with Gasteiger partial charge in [-0.05, 0) is 18.2 Å². The number of rotatable bonds is 4. The average molecular weight is 354 g/mol. The first-order chi connectivity index (χ1) is 9.07. The Labute approximate surface area is 123 Å². The van der Waals surface area contributed by atoms with Crippen molar-refractivity contribution in [2.45, 2.75) is 20.0 Å². The fourth-order valence-corrected chi connectivity index (χ4v) is 1.78. The van der Waals surface area contributed by atoms with Gasteiger partial charge in [0.05, 0.1) is 11.1 Å². The van der Waals surface area contributed by atoms with Crippen LogP contribution in [0.1, 0.15) is 29.8 Å². The highest BCUT2D eigenvalue weighted by atomic mass is 79.9. The highest BCUT2D eigenvalue weighted by molar-refractivity contribution is 9.10. The number of aliphatic hydroxyl groups excluding tert-OH is 1. The normalized spacial score (nSPS) is 12.3. The van der Waals surface area contributed by atoms with Crippen LogP contribution in [0.25, 0.3) is 0 Å². The highest BCUT2D eigenvalue weighted by Crippen LogP contribution is 2.33. The van der Waals surface area contributed by atoms with Crippen LogP contribution in [0.5, 0.6) is 0 Å². The van der Waals surface area contributed by atoms with Crippen LogP contribution in [0.3, 0.4) is 0 Å². The van der Waals surface area contributed by atoms with E-state index >= 15 is 0 Å². The third-order valence-electron chi connectivity index (χ3n) is 2.69. The Bertz CT molecular complexity index is 501. The molecule has 0 bridgehead atoms. The summed E-state index contributed by atoms with van der Waals surface area (Å²) in [6, 6.07) is 3.36. The van der Waals surface area contributed by atoms with Gasteiger partial charge >= 0.3 is 6.18 Å². The first kappa shape index (κ1) is 17.0. The molecule has 7 heteroatoms. The summed E-state index contributed by atoms with van der Waals surface area (Å²) in [4.78, 5) is 11.9. The van der Waals surface area contributed by atoms with Gasteiger partial charge in [-0.15, -0.1) is 0 Å². The zero-order chi connectivity index (χ0) is 15.6. The summed E-state index contributed by atoms with van der Waals surface area (Å²) in [6.07, 6.45) is -4.61. The number of aliphatic hydroxyl groups is 1. The zero-order valence-electron chi connectivity index (χ0n) is 11.0. The number of amides is 1. The quantitative estimate of drug-likeness (QED) is 0.873. The second-order valence-corrected chi connectivity index (χ2v) is 6.11. The zero-order valence-corrected chi connectivity index (χ0v) is 12.6. The van der Waals surface area contributed by atoms with Crippen LogP contribution >= 0.6 is 15.9 Å². The first-order valence-electron chi connectivity index (χ1n) is 5.82. The van der Waals surface area contributed by atoms with E-state index in [0.717, 1.165) is 12.1 Å². The molecule has 112 valence electrons. The van der Waals surface area contributed by atoms with Gasteiger partial charge in [0.1, 0.15) is 0 Å². The number of carbonyl (C=O) groups excluding carboxylic acids is 1. The lowest BCUT2D eigenvalue weighted by Gasteiger charge is -2.22. The molecule has 1 aromatic rings. The smallest absolute Gasteiger partial charge is 0.396 e. The number of benzene rings is 1. The summed E-state index contributed by atoms with van der Waals surface area (Å²) in [5.74, 6) is -0.814. The monoisotopic (exact) mass is 353 g/mol. The summed E-state index contributed by atoms with van der Waals surface area (Å²) in [7, 11) is 0. The molecule has 0 aliphatic carbocycles. The minimum atomic E-state index is -4.61. The fourth-order valence-electron chi connectivity index (χ4n) is 1.42. The molecule has 1 amide bonds. The van der Waals surface area contributed by atoms with Gasteiger partial charge in [0.25, 0.3) is 5.91 Å². The highest BCUT2D eigenvalue weighted by Gasteiger charge is 2.35. The number of hydrogen-bond donors (Lipinski definition) is 2. The molecule has 0 aromatic heterocycles. The van der Waals surface area contributed by atoms with Gasteiger partial charge in [-0.3, -0.25) is 4.79 Å². The fraction of sp³-hybridized carbons (Fsp3) is 0.462. The Hall–Kier alpha value is -1.08. The number of alkyl halides is 3. The number of carbonyl (C=O) groups is 1. The van der Waals surface area contributed by atoms with Crippen molar-refractivity contribution in [2.75, 3.05) is 13.2 Å². The van der Waals surface area contributed by atoms with E-state index in [-0.39, 0.29) is 17.6 Å². The largest absolute Gasteiger partial charge is 0.417 e. The number of nitrogens with one attached hydrogen (secondary N) is 1. The molecule has 0 atom stereocenters. The predicted molar refractivity (Wildman–Crippen MR) is 72.3 cm³/mol. The van der Waals surface area contributed by atoms with E-state index in [1.807, 2.05) is 0 Å². The maximum Gasteiger partial charge on any atom is 0.417 e. The molecule has 1 rings (SSSR count). The molecule has 0 aliphatic rings. The van der Waals surface area contributed by atoms with Crippen molar-refractivity contribution in [1.29, 1.82) is 0 Å². The molecular weight excluding hydrogens is 339 g/mol. The average Bonchev–Trinajstić information content (AvgIpc) is 2.35. The molecule has 0 fully saturated rings. The Morgan fingerprint density at radius 3 is 2.45 bits per heavy atom. The molecular formula is C13H15BrF3NO2. The maximum absolute atomic E-state index is 12.9. The molecule has 20 heavy (non-hydrogen) atoms. The SMILES string of the molecule is CC(C)(CO)CNC(=O)c1ccc(Br)cc1C(F)(F)F. The minimum Gasteiger partial charge on any atom is -0.396 e. The van der Waals surface area contributed by atoms with Gasteiger partial charge in [0.15, 0.2) is 0 Å². The lowest BCUT2D eigenvalue weighted by molar-refractivity contribution is -0.138. The Morgan fingerprint density at radius 2 is 1.95 bits per heavy atom. The standard InChI is InChI=1S/C13H15BrF3NO2/c1-12(2,7-19)6-18-11(20)9-4-3-8(14)5-10(9)13(15,16)17/h3-5,19H,6-7H2,1-2H3,(H,18,20). The molecule has 0 saturated carbocycles. The summed E-state index contributed by atoms with van der Waals surface area (Å²) in [5, 5.41) is 11.5. The second-order valence-electron chi connectivity index (χ2n) is 5.19. The van der Waals surface area contributed by atoms with Crippen LogP contribution in [-0.4, -0.2) is 24.2 Å². The number of hydrogen-bond acceptors (Lipinski definition) is 2. The first-order valence-corrected chi connectivity index (χ1v) is 6.62. The van der Waals surface area contributed by atoms with Crippen LogP contribution in [0.4, 0.5) is 13.2 Å². The van der Waals surface area contributed by atoms with Crippen LogP contribution < -0.4 is 5.32 Å². The summed E-state index contributed by atoms with van der Waals surface area (Å²) in [6.45, 7) is 3.29. The lowest BCUT2D eigenvalue weighted by Crippen LogP contribution is -2.36. The molecule has 0 spiro atoms. The summed E-state index contributed by atoms with van der Waals surface area (Å²) >= 11 is 2.96. The van der Waals surface area contributed by atoms with Crippen molar-refractivity contribution in [3.05, 3.63) is 33.8 Å². The van der Waals surface area contributed by atoms with E-state index in [2.05, 4.69) is 21.2 Å². The second kappa shape index (κ2) is 6.13. The van der Waals surface area contributed by atoms with Gasteiger partial charge in [-0.1, -0.05) is 29.8 Å². The number of halogens is 4. The summed E-state index contributed by atoms with van der Waals surface area (Å²) < 4.78 is 38.9. The van der Waals surface area contributed by atoms with E-state index in [9.17, 15) is 18.0 Å². The molecule has 0 heterocycles. The molecule has 3 nitrogen and oxygen atoms in total. The Morgan fingerprint density at radius 1 is 1.35 bits per heavy atom. The Kier molecular flexibility index (Phi) is 5.21. The molecule has 0 radical (unpaired) electrons. The maximum atomic E-state index is 12.9. The molecule has 2 N–H and O–H groups in total. The third kappa shape index (κ3) is 4.49. The molecule has 0 unspecified atom stereocenters. The molecule has 0 saturated heterocycles. The van der Waals surface area contributed by atoms with Crippen molar-refractivity contribution in [2.24, 2.45) is 5.41 Å². The third-order valence-corrected chi connectivity index (χ3v) is 3.18. The van der Waals surface area contributed by atoms with Crippen LogP contribution in [-0.2, 0) is 6.18 Å². The van der Waals surface area contributed by atoms with E-state index in [1.54, 1.807) is 13.8 Å². The summed E-state index contributed by atoms with van der Waals surface area (Å²) in [5.41, 5.74) is -2.02. The van der Waals surface area contributed by atoms with Crippen molar-refractivity contribution in [3.63, 3.8) is 0 Å². The van der Waals surface area contributed by atoms with Gasteiger partial charge in [-0.25, -0.2) is 0 Å². The molecule has 0 aliphatic heterocycles. The van der Waals surface area contributed by atoms with Gasteiger partial charge in [0.2, 0.25) is 0 Å². The van der Waals surface area contributed by atoms with Crippen molar-refractivity contribution in [3.8, 4) is 0 Å². The van der Waals surface area contributed by atoms with Gasteiger partial charge in [-0.2, -0.15) is 13.2 Å². The van der Waals surface area contributed by atoms with Crippen molar-refractivity contribution in [1.82, 2.24) is 5.32 Å². The topological polar surface area (TPSA) is 49.3 Å². The van der Waals surface area contributed by atoms with Crippen LogP contribution in [0.2, 0.25) is 0 Å². The Balaban J connectivity index is 2.99. The van der Waals surface area contributed by atoms with Crippen molar-refractivity contribution < 1.29 is 23.1 Å². The van der Waals surface area contributed by atoms with E-state index in [0.29, 0.717) is 0 Å². The van der Waals surface area contributed by atoms with Gasteiger partial charge < -0.3 is 10.4 Å². The van der Waals surface area contributed by atoms with Crippen LogP contribution in [0.15, 0.2) is 22.7 Å². The van der Waals surface area contributed by atoms with Crippen molar-refractivity contribution >= 4 is 21.8 Å². The van der Waals surface area contributed by atoms with E-state index in [4.69, 9.17) is 5.11 Å². The lowest BCUT2D eigenvalue weighted by atomic mass is 9.94. The predicted octanol–water partition coefficient (Wildman–Crippen LogP) is 3.22. The van der Waals surface area contributed by atoms with E-state index in [1.165, 1.54) is 6.07 Å².